The highest BCUT2D eigenvalue weighted by Crippen LogP contribution is 2.28. The first-order valence-electron chi connectivity index (χ1n) is 7.08. The van der Waals surface area contributed by atoms with E-state index in [2.05, 4.69) is 43.0 Å². The van der Waals surface area contributed by atoms with Crippen molar-refractivity contribution in [2.24, 2.45) is 0 Å². The highest BCUT2D eigenvalue weighted by Gasteiger charge is 2.19. The minimum atomic E-state index is 0.621. The molecule has 1 aromatic heterocycles. The Bertz CT molecular complexity index is 542. The van der Waals surface area contributed by atoms with Crippen LogP contribution in [0.15, 0.2) is 41.2 Å². The van der Waals surface area contributed by atoms with Gasteiger partial charge in [0.1, 0.15) is 0 Å². The van der Waals surface area contributed by atoms with Crippen molar-refractivity contribution in [3.63, 3.8) is 0 Å². The molecule has 0 aliphatic carbocycles. The van der Waals surface area contributed by atoms with E-state index in [4.69, 9.17) is 4.42 Å². The van der Waals surface area contributed by atoms with Crippen LogP contribution in [0.25, 0.3) is 0 Å². The summed E-state index contributed by atoms with van der Waals surface area (Å²) in [5.41, 5.74) is 5.88. The summed E-state index contributed by atoms with van der Waals surface area (Å²) in [7, 11) is 0. The Hall–Kier alpha value is -1.54. The van der Waals surface area contributed by atoms with Crippen LogP contribution < -0.4 is 0 Å². The number of fused-ring (bicyclic) bond motifs is 1. The number of hydrogen-bond donors (Lipinski definition) is 0. The SMILES string of the molecule is CC(C)c1cccc2c1CCN(Cc1ccoc1)C2. The van der Waals surface area contributed by atoms with Crippen molar-refractivity contribution in [1.82, 2.24) is 4.90 Å². The number of hydrogen-bond acceptors (Lipinski definition) is 2. The van der Waals surface area contributed by atoms with E-state index >= 15 is 0 Å². The lowest BCUT2D eigenvalue weighted by Crippen LogP contribution is -2.30. The first-order valence-corrected chi connectivity index (χ1v) is 7.08. The van der Waals surface area contributed by atoms with Crippen LogP contribution >= 0.6 is 0 Å². The van der Waals surface area contributed by atoms with Crippen molar-refractivity contribution in [2.45, 2.75) is 39.3 Å². The molecule has 3 rings (SSSR count). The van der Waals surface area contributed by atoms with Crippen LogP contribution in [0.4, 0.5) is 0 Å². The van der Waals surface area contributed by atoms with Crippen LogP contribution in [0, 0.1) is 0 Å². The first-order chi connectivity index (χ1) is 9.24. The van der Waals surface area contributed by atoms with Crippen molar-refractivity contribution in [3.8, 4) is 0 Å². The minimum absolute atomic E-state index is 0.621. The molecule has 0 radical (unpaired) electrons. The van der Waals surface area contributed by atoms with Gasteiger partial charge in [0, 0.05) is 25.2 Å². The van der Waals surface area contributed by atoms with Gasteiger partial charge < -0.3 is 4.42 Å². The Labute approximate surface area is 115 Å². The quantitative estimate of drug-likeness (QED) is 0.825. The van der Waals surface area contributed by atoms with Gasteiger partial charge >= 0.3 is 0 Å². The molecule has 0 saturated heterocycles. The van der Waals surface area contributed by atoms with Gasteiger partial charge in [-0.2, -0.15) is 0 Å². The Morgan fingerprint density at radius 2 is 2.16 bits per heavy atom. The molecule has 0 unspecified atom stereocenters. The number of furan rings is 1. The molecule has 2 aromatic rings. The predicted octanol–water partition coefficient (Wildman–Crippen LogP) is 3.96. The number of benzene rings is 1. The molecule has 0 spiro atoms. The van der Waals surface area contributed by atoms with E-state index in [9.17, 15) is 0 Å². The van der Waals surface area contributed by atoms with Gasteiger partial charge in [0.05, 0.1) is 12.5 Å². The summed E-state index contributed by atoms with van der Waals surface area (Å²) in [6.45, 7) is 7.76. The average Bonchev–Trinajstić information content (AvgIpc) is 2.90. The molecule has 0 N–H and O–H groups in total. The second-order valence-corrected chi connectivity index (χ2v) is 5.73. The lowest BCUT2D eigenvalue weighted by molar-refractivity contribution is 0.244. The fraction of sp³-hybridized carbons (Fsp3) is 0.412. The van der Waals surface area contributed by atoms with Crippen LogP contribution in [0.3, 0.4) is 0 Å². The highest BCUT2D eigenvalue weighted by atomic mass is 16.3. The molecule has 0 fully saturated rings. The molecule has 0 atom stereocenters. The van der Waals surface area contributed by atoms with E-state index in [0.717, 1.165) is 19.6 Å². The molecule has 0 saturated carbocycles. The third kappa shape index (κ3) is 2.59. The lowest BCUT2D eigenvalue weighted by Gasteiger charge is -2.30. The molecule has 2 nitrogen and oxygen atoms in total. The van der Waals surface area contributed by atoms with E-state index in [1.165, 1.54) is 23.1 Å². The molecule has 2 heterocycles. The van der Waals surface area contributed by atoms with Crippen LogP contribution in [0.2, 0.25) is 0 Å². The molecule has 1 aliphatic heterocycles. The van der Waals surface area contributed by atoms with Gasteiger partial charge in [-0.3, -0.25) is 4.90 Å². The van der Waals surface area contributed by atoms with Gasteiger partial charge in [0.25, 0.3) is 0 Å². The van der Waals surface area contributed by atoms with Crippen molar-refractivity contribution in [3.05, 3.63) is 59.0 Å². The molecule has 100 valence electrons. The molecule has 19 heavy (non-hydrogen) atoms. The number of nitrogens with zero attached hydrogens (tertiary/aromatic N) is 1. The topological polar surface area (TPSA) is 16.4 Å². The van der Waals surface area contributed by atoms with E-state index in [1.807, 2.05) is 6.26 Å². The second kappa shape index (κ2) is 5.22. The summed E-state index contributed by atoms with van der Waals surface area (Å²) < 4.78 is 5.15. The van der Waals surface area contributed by atoms with Crippen LogP contribution in [0.1, 0.15) is 42.0 Å². The van der Waals surface area contributed by atoms with Gasteiger partial charge in [-0.05, 0) is 35.1 Å². The van der Waals surface area contributed by atoms with Crippen molar-refractivity contribution < 1.29 is 4.42 Å². The monoisotopic (exact) mass is 255 g/mol. The smallest absolute Gasteiger partial charge is 0.0947 e. The van der Waals surface area contributed by atoms with Crippen LogP contribution in [-0.4, -0.2) is 11.4 Å². The van der Waals surface area contributed by atoms with Crippen molar-refractivity contribution in [2.75, 3.05) is 6.54 Å². The van der Waals surface area contributed by atoms with Gasteiger partial charge in [-0.15, -0.1) is 0 Å². The Morgan fingerprint density at radius 1 is 1.26 bits per heavy atom. The van der Waals surface area contributed by atoms with E-state index in [1.54, 1.807) is 11.8 Å². The maximum Gasteiger partial charge on any atom is 0.0947 e. The maximum atomic E-state index is 5.15. The average molecular weight is 255 g/mol. The Kier molecular flexibility index (Phi) is 3.43. The standard InChI is InChI=1S/C17H21NO/c1-13(2)16-5-3-4-15-11-18(8-6-17(15)16)10-14-7-9-19-12-14/h3-5,7,9,12-13H,6,8,10-11H2,1-2H3. The number of rotatable bonds is 3. The predicted molar refractivity (Wildman–Crippen MR) is 77.1 cm³/mol. The Morgan fingerprint density at radius 3 is 2.89 bits per heavy atom. The summed E-state index contributed by atoms with van der Waals surface area (Å²) in [6.07, 6.45) is 4.77. The molecular formula is C17H21NO. The third-order valence-electron chi connectivity index (χ3n) is 3.99. The maximum absolute atomic E-state index is 5.15. The van der Waals surface area contributed by atoms with Crippen molar-refractivity contribution >= 4 is 0 Å². The summed E-state index contributed by atoms with van der Waals surface area (Å²) >= 11 is 0. The Balaban J connectivity index is 1.79. The summed E-state index contributed by atoms with van der Waals surface area (Å²) in [6, 6.07) is 8.83. The molecule has 0 amide bonds. The summed E-state index contributed by atoms with van der Waals surface area (Å²) in [5, 5.41) is 0. The molecular weight excluding hydrogens is 234 g/mol. The van der Waals surface area contributed by atoms with Gasteiger partial charge in [-0.1, -0.05) is 32.0 Å². The third-order valence-corrected chi connectivity index (χ3v) is 3.99. The van der Waals surface area contributed by atoms with Gasteiger partial charge in [-0.25, -0.2) is 0 Å². The molecule has 1 aromatic carbocycles. The zero-order valence-corrected chi connectivity index (χ0v) is 11.7. The fourth-order valence-electron chi connectivity index (χ4n) is 3.01. The van der Waals surface area contributed by atoms with E-state index < -0.39 is 0 Å². The molecule has 0 bridgehead atoms. The van der Waals surface area contributed by atoms with E-state index in [-0.39, 0.29) is 0 Å². The largest absolute Gasteiger partial charge is 0.472 e. The minimum Gasteiger partial charge on any atom is -0.472 e. The van der Waals surface area contributed by atoms with Crippen molar-refractivity contribution in [1.29, 1.82) is 0 Å². The normalized spacial score (nSPS) is 15.7. The van der Waals surface area contributed by atoms with Crippen LogP contribution in [-0.2, 0) is 19.5 Å². The zero-order valence-electron chi connectivity index (χ0n) is 11.7. The fourth-order valence-corrected chi connectivity index (χ4v) is 3.01. The first kappa shape index (κ1) is 12.5. The highest BCUT2D eigenvalue weighted by molar-refractivity contribution is 5.38. The van der Waals surface area contributed by atoms with Gasteiger partial charge in [0.2, 0.25) is 0 Å². The molecule has 2 heteroatoms. The zero-order chi connectivity index (χ0) is 13.2. The summed E-state index contributed by atoms with van der Waals surface area (Å²) in [5.74, 6) is 0.621. The molecule has 1 aliphatic rings. The van der Waals surface area contributed by atoms with Crippen LogP contribution in [0.5, 0.6) is 0 Å². The second-order valence-electron chi connectivity index (χ2n) is 5.73. The summed E-state index contributed by atoms with van der Waals surface area (Å²) in [4.78, 5) is 2.50. The van der Waals surface area contributed by atoms with E-state index in [0.29, 0.717) is 5.92 Å². The lowest BCUT2D eigenvalue weighted by atomic mass is 9.89. The van der Waals surface area contributed by atoms with Gasteiger partial charge in [0.15, 0.2) is 0 Å².